The number of carbonyl (C=O) groups is 1. The standard InChI is InChI=1S/C28H35N3O5S/c1-17-9-14-21-22(30(17)28(34)36-2)15-16-23-24(21)29-26(25(37(3)35)18-7-5-4-6-8-18)31(23)20-12-10-19(11-13-20)27(32)33/h4-8,15-17,19-20,25,27,32-33H,9-14H2,1-3H3/t17-,19?,20?,25?,37?/m0/s1. The fraction of sp³-hybridized carbons (Fsp3) is 0.500. The zero-order chi connectivity index (χ0) is 26.3. The molecular formula is C28H35N3O5S. The van der Waals surface area contributed by atoms with E-state index < -0.39 is 22.3 Å². The van der Waals surface area contributed by atoms with E-state index in [2.05, 4.69) is 4.57 Å². The maximum atomic E-state index is 13.2. The highest BCUT2D eigenvalue weighted by atomic mass is 32.2. The number of aromatic nitrogens is 2. The van der Waals surface area contributed by atoms with Crippen molar-refractivity contribution in [3.63, 3.8) is 0 Å². The van der Waals surface area contributed by atoms with Crippen molar-refractivity contribution in [3.8, 4) is 0 Å². The minimum absolute atomic E-state index is 0.0133. The number of amides is 1. The van der Waals surface area contributed by atoms with Crippen LogP contribution in [0.4, 0.5) is 10.5 Å². The van der Waals surface area contributed by atoms with Crippen molar-refractivity contribution in [1.29, 1.82) is 0 Å². The van der Waals surface area contributed by atoms with Crippen LogP contribution in [0.5, 0.6) is 0 Å². The summed E-state index contributed by atoms with van der Waals surface area (Å²) >= 11 is 0. The molecule has 198 valence electrons. The second-order valence-corrected chi connectivity index (χ2v) is 11.7. The first-order valence-corrected chi connectivity index (χ1v) is 14.6. The van der Waals surface area contributed by atoms with E-state index in [1.807, 2.05) is 49.4 Å². The van der Waals surface area contributed by atoms with Gasteiger partial charge in [0, 0.05) is 40.6 Å². The molecule has 3 aromatic rings. The number of ether oxygens (including phenoxy) is 1. The topological polar surface area (TPSA) is 105 Å². The number of imidazole rings is 1. The molecule has 0 saturated heterocycles. The first-order chi connectivity index (χ1) is 17.8. The number of rotatable bonds is 5. The predicted molar refractivity (Wildman–Crippen MR) is 144 cm³/mol. The Morgan fingerprint density at radius 2 is 1.78 bits per heavy atom. The zero-order valence-corrected chi connectivity index (χ0v) is 22.4. The summed E-state index contributed by atoms with van der Waals surface area (Å²) in [5, 5.41) is 19.0. The van der Waals surface area contributed by atoms with Crippen molar-refractivity contribution in [1.82, 2.24) is 9.55 Å². The molecule has 2 aliphatic rings. The lowest BCUT2D eigenvalue weighted by Crippen LogP contribution is -2.42. The van der Waals surface area contributed by atoms with Crippen molar-refractivity contribution < 1.29 is 24.0 Å². The average Bonchev–Trinajstić information content (AvgIpc) is 3.27. The molecule has 2 aromatic carbocycles. The number of fused-ring (bicyclic) bond motifs is 3. The summed E-state index contributed by atoms with van der Waals surface area (Å²) < 4.78 is 20.6. The van der Waals surface area contributed by atoms with Gasteiger partial charge in [-0.05, 0) is 63.1 Å². The van der Waals surface area contributed by atoms with Gasteiger partial charge >= 0.3 is 6.09 Å². The molecule has 1 aliphatic heterocycles. The van der Waals surface area contributed by atoms with E-state index in [0.29, 0.717) is 12.8 Å². The fourth-order valence-corrected chi connectivity index (χ4v) is 7.14. The molecule has 0 radical (unpaired) electrons. The van der Waals surface area contributed by atoms with Crippen molar-refractivity contribution in [3.05, 3.63) is 59.4 Å². The molecule has 1 aliphatic carbocycles. The van der Waals surface area contributed by atoms with Crippen LogP contribution in [0.25, 0.3) is 11.0 Å². The molecule has 1 amide bonds. The Kier molecular flexibility index (Phi) is 7.38. The minimum atomic E-state index is -1.31. The number of hydrogen-bond acceptors (Lipinski definition) is 6. The highest BCUT2D eigenvalue weighted by Gasteiger charge is 2.35. The van der Waals surface area contributed by atoms with Gasteiger partial charge in [-0.2, -0.15) is 0 Å². The molecule has 2 N–H and O–H groups in total. The molecule has 0 bridgehead atoms. The summed E-state index contributed by atoms with van der Waals surface area (Å²) in [5.74, 6) is 0.620. The normalized spacial score (nSPS) is 23.6. The maximum Gasteiger partial charge on any atom is 0.414 e. The molecule has 1 saturated carbocycles. The van der Waals surface area contributed by atoms with Gasteiger partial charge in [0.1, 0.15) is 11.1 Å². The summed E-state index contributed by atoms with van der Waals surface area (Å²) in [6, 6.07) is 13.9. The van der Waals surface area contributed by atoms with Crippen molar-refractivity contribution >= 4 is 33.6 Å². The molecule has 0 spiro atoms. The second kappa shape index (κ2) is 10.6. The third-order valence-electron chi connectivity index (χ3n) is 8.05. The fourth-order valence-electron chi connectivity index (χ4n) is 6.14. The molecular weight excluding hydrogens is 490 g/mol. The van der Waals surface area contributed by atoms with Gasteiger partial charge in [0.15, 0.2) is 6.29 Å². The van der Waals surface area contributed by atoms with Crippen LogP contribution in [0.3, 0.4) is 0 Å². The average molecular weight is 526 g/mol. The molecule has 1 fully saturated rings. The van der Waals surface area contributed by atoms with Gasteiger partial charge in [0.2, 0.25) is 0 Å². The Bertz CT molecular complexity index is 1300. The van der Waals surface area contributed by atoms with Gasteiger partial charge in [0.25, 0.3) is 0 Å². The Morgan fingerprint density at radius 1 is 1.08 bits per heavy atom. The maximum absolute atomic E-state index is 13.2. The van der Waals surface area contributed by atoms with Crippen molar-refractivity contribution in [2.24, 2.45) is 5.92 Å². The summed E-state index contributed by atoms with van der Waals surface area (Å²) in [6.45, 7) is 2.02. The summed E-state index contributed by atoms with van der Waals surface area (Å²) in [6.07, 6.45) is 4.57. The summed E-state index contributed by atoms with van der Waals surface area (Å²) in [7, 11) is 0.166. The lowest BCUT2D eigenvalue weighted by Gasteiger charge is -2.34. The van der Waals surface area contributed by atoms with Gasteiger partial charge in [-0.3, -0.25) is 9.11 Å². The van der Waals surface area contributed by atoms with Gasteiger partial charge in [-0.25, -0.2) is 9.78 Å². The molecule has 9 heteroatoms. The molecule has 8 nitrogen and oxygen atoms in total. The number of carbonyl (C=O) groups excluding carboxylic acids is 1. The number of anilines is 1. The molecule has 37 heavy (non-hydrogen) atoms. The third kappa shape index (κ3) is 4.69. The van der Waals surface area contributed by atoms with E-state index in [1.165, 1.54) is 7.11 Å². The van der Waals surface area contributed by atoms with Gasteiger partial charge in [-0.1, -0.05) is 30.3 Å². The summed E-state index contributed by atoms with van der Waals surface area (Å²) in [5.41, 5.74) is 4.57. The minimum Gasteiger partial charge on any atom is -0.452 e. The molecule has 3 atom stereocenters. The van der Waals surface area contributed by atoms with Crippen LogP contribution < -0.4 is 4.90 Å². The third-order valence-corrected chi connectivity index (χ3v) is 9.20. The smallest absolute Gasteiger partial charge is 0.414 e. The highest BCUT2D eigenvalue weighted by Crippen LogP contribution is 2.43. The first kappa shape index (κ1) is 25.9. The Balaban J connectivity index is 1.70. The lowest BCUT2D eigenvalue weighted by atomic mass is 9.85. The van der Waals surface area contributed by atoms with Gasteiger partial charge < -0.3 is 19.5 Å². The molecule has 2 heterocycles. The molecule has 2 unspecified atom stereocenters. The van der Waals surface area contributed by atoms with Crippen LogP contribution in [-0.2, 0) is 22.0 Å². The monoisotopic (exact) mass is 525 g/mol. The number of methoxy groups -OCH3 is 1. The van der Waals surface area contributed by atoms with E-state index in [0.717, 1.165) is 59.4 Å². The number of hydrogen-bond donors (Lipinski definition) is 2. The number of aryl methyl sites for hydroxylation is 1. The number of benzene rings is 2. The SMILES string of the molecule is COC(=O)N1c2ccc3c(nc(C(c4ccccc4)S(C)=O)n3C3CCC(C(O)O)CC3)c2CC[C@@H]1C. The van der Waals surface area contributed by atoms with E-state index in [-0.39, 0.29) is 24.1 Å². The largest absolute Gasteiger partial charge is 0.452 e. The van der Waals surface area contributed by atoms with Crippen LogP contribution in [-0.4, -0.2) is 55.8 Å². The number of aliphatic hydroxyl groups excluding tert-OH is 1. The number of nitrogens with zero attached hydrogens (tertiary/aromatic N) is 3. The van der Waals surface area contributed by atoms with E-state index in [4.69, 9.17) is 9.72 Å². The van der Waals surface area contributed by atoms with Gasteiger partial charge in [0.05, 0.1) is 23.8 Å². The Hall–Kier alpha value is -2.75. The van der Waals surface area contributed by atoms with E-state index >= 15 is 0 Å². The second-order valence-electron chi connectivity index (χ2n) is 10.3. The van der Waals surface area contributed by atoms with Crippen LogP contribution in [0, 0.1) is 5.92 Å². The van der Waals surface area contributed by atoms with Crippen molar-refractivity contribution in [2.45, 2.75) is 69.1 Å². The van der Waals surface area contributed by atoms with Crippen LogP contribution in [0.2, 0.25) is 0 Å². The number of aliphatic hydroxyl groups is 2. The van der Waals surface area contributed by atoms with Gasteiger partial charge in [-0.15, -0.1) is 0 Å². The van der Waals surface area contributed by atoms with Crippen LogP contribution in [0.15, 0.2) is 42.5 Å². The zero-order valence-electron chi connectivity index (χ0n) is 21.5. The van der Waals surface area contributed by atoms with Crippen molar-refractivity contribution in [2.75, 3.05) is 18.3 Å². The Morgan fingerprint density at radius 3 is 2.41 bits per heavy atom. The Labute approximate surface area is 219 Å². The first-order valence-electron chi connectivity index (χ1n) is 13.0. The van der Waals surface area contributed by atoms with E-state index in [1.54, 1.807) is 11.2 Å². The molecule has 1 aromatic heterocycles. The molecule has 5 rings (SSSR count). The highest BCUT2D eigenvalue weighted by molar-refractivity contribution is 7.84. The van der Waals surface area contributed by atoms with Crippen LogP contribution >= 0.6 is 0 Å². The van der Waals surface area contributed by atoms with E-state index in [9.17, 15) is 19.2 Å². The lowest BCUT2D eigenvalue weighted by molar-refractivity contribution is -0.0951. The quantitative estimate of drug-likeness (QED) is 0.477. The summed E-state index contributed by atoms with van der Waals surface area (Å²) in [4.78, 5) is 19.6. The van der Waals surface area contributed by atoms with Crippen LogP contribution in [0.1, 0.15) is 67.3 Å². The predicted octanol–water partition coefficient (Wildman–Crippen LogP) is 4.45.